The molecule has 2 aromatic heterocycles. The van der Waals surface area contributed by atoms with Gasteiger partial charge in [-0.05, 0) is 35.9 Å². The highest BCUT2D eigenvalue weighted by atomic mass is 79.9. The van der Waals surface area contributed by atoms with E-state index in [-0.39, 0.29) is 16.8 Å². The van der Waals surface area contributed by atoms with E-state index in [1.54, 1.807) is 54.0 Å². The Balaban J connectivity index is 1.76. The molecule has 0 saturated heterocycles. The van der Waals surface area contributed by atoms with Crippen molar-refractivity contribution in [1.29, 1.82) is 0 Å². The zero-order chi connectivity index (χ0) is 21.7. The van der Waals surface area contributed by atoms with E-state index < -0.39 is 17.9 Å². The predicted octanol–water partition coefficient (Wildman–Crippen LogP) is 4.55. The lowest BCUT2D eigenvalue weighted by Crippen LogP contribution is -2.29. The van der Waals surface area contributed by atoms with E-state index >= 15 is 0 Å². The number of aromatic nitrogens is 1. The number of halogens is 1. The number of carbonyl (C=O) groups excluding carboxylic acids is 2. The maximum Gasteiger partial charge on any atom is 0.337 e. The van der Waals surface area contributed by atoms with Gasteiger partial charge in [-0.2, -0.15) is 0 Å². The van der Waals surface area contributed by atoms with Crippen molar-refractivity contribution in [2.45, 2.75) is 6.04 Å². The maximum atomic E-state index is 13.5. The molecule has 9 heteroatoms. The fourth-order valence-corrected chi connectivity index (χ4v) is 4.74. The number of thiazole rings is 1. The molecule has 1 aliphatic rings. The van der Waals surface area contributed by atoms with E-state index in [4.69, 9.17) is 9.15 Å². The fraction of sp³-hybridized carbons (Fsp3) is 0.0909. The molecule has 5 rings (SSSR count). The number of ether oxygens (including phenoxy) is 1. The number of hydrogen-bond acceptors (Lipinski definition) is 7. The number of methoxy groups -OCH3 is 1. The van der Waals surface area contributed by atoms with Crippen LogP contribution in [0.5, 0.6) is 0 Å². The molecule has 0 fully saturated rings. The van der Waals surface area contributed by atoms with Crippen LogP contribution in [0.25, 0.3) is 11.0 Å². The number of nitrogens with zero attached hydrogens (tertiary/aromatic N) is 2. The quantitative estimate of drug-likeness (QED) is 0.386. The average Bonchev–Trinajstić information content (AvgIpc) is 3.40. The van der Waals surface area contributed by atoms with Gasteiger partial charge in [0, 0.05) is 16.0 Å². The van der Waals surface area contributed by atoms with Crippen molar-refractivity contribution in [3.8, 4) is 0 Å². The second-order valence-corrected chi connectivity index (χ2v) is 8.61. The number of carbonyl (C=O) groups is 2. The first-order chi connectivity index (χ1) is 15.0. The zero-order valence-corrected chi connectivity index (χ0v) is 18.4. The Labute approximate surface area is 188 Å². The topological polar surface area (TPSA) is 89.7 Å². The van der Waals surface area contributed by atoms with E-state index in [1.165, 1.54) is 23.3 Å². The molecule has 7 nitrogen and oxygen atoms in total. The first-order valence-corrected chi connectivity index (χ1v) is 10.8. The fourth-order valence-electron chi connectivity index (χ4n) is 3.71. The van der Waals surface area contributed by atoms with Gasteiger partial charge in [-0.25, -0.2) is 9.78 Å². The lowest BCUT2D eigenvalue weighted by molar-refractivity contribution is 0.0600. The van der Waals surface area contributed by atoms with Crippen molar-refractivity contribution < 1.29 is 18.7 Å². The van der Waals surface area contributed by atoms with Crippen LogP contribution in [0.4, 0.5) is 5.13 Å². The molecule has 4 aromatic rings. The van der Waals surface area contributed by atoms with Gasteiger partial charge in [0.05, 0.1) is 29.7 Å². The van der Waals surface area contributed by atoms with Gasteiger partial charge in [-0.3, -0.25) is 14.5 Å². The summed E-state index contributed by atoms with van der Waals surface area (Å²) < 4.78 is 11.4. The van der Waals surface area contributed by atoms with E-state index in [0.29, 0.717) is 27.2 Å². The molecular formula is C22H13BrN2O5S. The number of fused-ring (bicyclic) bond motifs is 2. The Kier molecular flexibility index (Phi) is 4.71. The number of amides is 1. The number of rotatable bonds is 3. The summed E-state index contributed by atoms with van der Waals surface area (Å²) in [6, 6.07) is 10.9. The molecule has 0 bridgehead atoms. The van der Waals surface area contributed by atoms with Gasteiger partial charge in [0.1, 0.15) is 5.58 Å². The number of hydrogen-bond donors (Lipinski definition) is 0. The second-order valence-electron chi connectivity index (χ2n) is 6.82. The van der Waals surface area contributed by atoms with Crippen molar-refractivity contribution in [2.75, 3.05) is 12.0 Å². The Morgan fingerprint density at radius 2 is 1.97 bits per heavy atom. The first kappa shape index (κ1) is 19.7. The van der Waals surface area contributed by atoms with Crippen LogP contribution in [0.1, 0.15) is 38.1 Å². The third-order valence-corrected chi connectivity index (χ3v) is 6.37. The summed E-state index contributed by atoms with van der Waals surface area (Å²) in [6.07, 6.45) is 1.59. The van der Waals surface area contributed by atoms with Crippen LogP contribution >= 0.6 is 27.3 Å². The lowest BCUT2D eigenvalue weighted by Gasteiger charge is -2.22. The van der Waals surface area contributed by atoms with Gasteiger partial charge in [0.15, 0.2) is 10.6 Å². The van der Waals surface area contributed by atoms with Gasteiger partial charge in [0.2, 0.25) is 5.76 Å². The Morgan fingerprint density at radius 3 is 2.65 bits per heavy atom. The summed E-state index contributed by atoms with van der Waals surface area (Å²) in [5.74, 6) is -0.910. The normalized spacial score (nSPS) is 15.4. The summed E-state index contributed by atoms with van der Waals surface area (Å²) in [4.78, 5) is 44.4. The van der Waals surface area contributed by atoms with Gasteiger partial charge >= 0.3 is 5.97 Å². The molecule has 1 aliphatic heterocycles. The SMILES string of the molecule is COC(=O)c1ccc(C2c3c(oc4ccc(Br)cc4c3=O)C(=O)N2c2nccs2)cc1. The molecule has 0 saturated carbocycles. The molecule has 0 N–H and O–H groups in total. The minimum absolute atomic E-state index is 0.00272. The van der Waals surface area contributed by atoms with E-state index in [2.05, 4.69) is 20.9 Å². The van der Waals surface area contributed by atoms with Crippen LogP contribution < -0.4 is 10.3 Å². The standard InChI is InChI=1S/C22H13BrN2O5S/c1-29-21(28)12-4-2-11(3-5-12)17-16-18(26)14-10-13(23)6-7-15(14)30-19(16)20(27)25(17)22-24-8-9-31-22/h2-10,17H,1H3. The minimum atomic E-state index is -0.736. The van der Waals surface area contributed by atoms with Gasteiger partial charge < -0.3 is 9.15 Å². The lowest BCUT2D eigenvalue weighted by atomic mass is 9.98. The van der Waals surface area contributed by atoms with Crippen LogP contribution in [0.15, 0.2) is 67.7 Å². The Hall–Kier alpha value is -3.30. The summed E-state index contributed by atoms with van der Waals surface area (Å²) in [5.41, 5.74) is 1.31. The van der Waals surface area contributed by atoms with Crippen molar-refractivity contribution in [3.05, 3.63) is 91.2 Å². The monoisotopic (exact) mass is 496 g/mol. The highest BCUT2D eigenvalue weighted by molar-refractivity contribution is 9.10. The summed E-state index contributed by atoms with van der Waals surface area (Å²) >= 11 is 4.67. The highest BCUT2D eigenvalue weighted by Gasteiger charge is 2.44. The minimum Gasteiger partial charge on any atom is -0.465 e. The third-order valence-electron chi connectivity index (χ3n) is 5.11. The van der Waals surface area contributed by atoms with Crippen LogP contribution in [0.3, 0.4) is 0 Å². The van der Waals surface area contributed by atoms with Crippen LogP contribution in [0, 0.1) is 0 Å². The van der Waals surface area contributed by atoms with Crippen LogP contribution in [-0.2, 0) is 4.74 Å². The number of esters is 1. The largest absolute Gasteiger partial charge is 0.465 e. The number of benzene rings is 2. The third kappa shape index (κ3) is 3.08. The molecule has 0 aliphatic carbocycles. The molecule has 1 atom stereocenters. The van der Waals surface area contributed by atoms with Crippen molar-refractivity contribution in [1.82, 2.24) is 4.98 Å². The maximum absolute atomic E-state index is 13.5. The van der Waals surface area contributed by atoms with Gasteiger partial charge in [-0.15, -0.1) is 11.3 Å². The molecule has 31 heavy (non-hydrogen) atoms. The molecule has 0 radical (unpaired) electrons. The smallest absolute Gasteiger partial charge is 0.337 e. The molecular weight excluding hydrogens is 484 g/mol. The molecule has 0 spiro atoms. The Bertz CT molecular complexity index is 1400. The number of anilines is 1. The first-order valence-electron chi connectivity index (χ1n) is 9.17. The van der Waals surface area contributed by atoms with Crippen LogP contribution in [-0.4, -0.2) is 24.0 Å². The molecule has 1 unspecified atom stereocenters. The second kappa shape index (κ2) is 7.44. The van der Waals surface area contributed by atoms with E-state index in [0.717, 1.165) is 4.47 Å². The highest BCUT2D eigenvalue weighted by Crippen LogP contribution is 2.42. The van der Waals surface area contributed by atoms with Gasteiger partial charge in [-0.1, -0.05) is 28.1 Å². The molecule has 2 aromatic carbocycles. The van der Waals surface area contributed by atoms with Gasteiger partial charge in [0.25, 0.3) is 5.91 Å². The van der Waals surface area contributed by atoms with E-state index in [9.17, 15) is 14.4 Å². The van der Waals surface area contributed by atoms with Crippen molar-refractivity contribution in [2.24, 2.45) is 0 Å². The van der Waals surface area contributed by atoms with Crippen molar-refractivity contribution in [3.63, 3.8) is 0 Å². The summed E-state index contributed by atoms with van der Waals surface area (Å²) in [7, 11) is 1.31. The zero-order valence-electron chi connectivity index (χ0n) is 16.0. The summed E-state index contributed by atoms with van der Waals surface area (Å²) in [5, 5.41) is 2.58. The molecule has 154 valence electrons. The molecule has 3 heterocycles. The van der Waals surface area contributed by atoms with E-state index in [1.807, 2.05) is 0 Å². The molecule has 1 amide bonds. The van der Waals surface area contributed by atoms with Crippen LogP contribution in [0.2, 0.25) is 0 Å². The Morgan fingerprint density at radius 1 is 1.19 bits per heavy atom. The average molecular weight is 497 g/mol. The summed E-state index contributed by atoms with van der Waals surface area (Å²) in [6.45, 7) is 0. The van der Waals surface area contributed by atoms with Crippen molar-refractivity contribution >= 4 is 55.2 Å². The predicted molar refractivity (Wildman–Crippen MR) is 119 cm³/mol.